The number of carbonyl (C=O) groups is 1. The van der Waals surface area contributed by atoms with Crippen LogP contribution in [-0.2, 0) is 4.74 Å². The van der Waals surface area contributed by atoms with Crippen molar-refractivity contribution in [3.8, 4) is 0 Å². The van der Waals surface area contributed by atoms with Gasteiger partial charge in [-0.2, -0.15) is 0 Å². The first-order valence-electron chi connectivity index (χ1n) is 8.26. The average molecular weight is 338 g/mol. The Morgan fingerprint density at radius 3 is 2.74 bits per heavy atom. The standard InChI is InChI=1S/C16H26N4O2S/c1-5-6-9-22-10-7-8-17-15(21)13-12(4)20-14(11(2)3)18-19-16(20)23-13/h11H,5-10H2,1-4H3,(H,17,21). The van der Waals surface area contributed by atoms with E-state index < -0.39 is 0 Å². The fourth-order valence-corrected chi connectivity index (χ4v) is 3.31. The molecule has 2 aromatic rings. The smallest absolute Gasteiger partial charge is 0.263 e. The summed E-state index contributed by atoms with van der Waals surface area (Å²) in [6.45, 7) is 10.4. The van der Waals surface area contributed by atoms with E-state index in [1.807, 2.05) is 11.3 Å². The molecular formula is C16H26N4O2S. The third-order valence-corrected chi connectivity index (χ3v) is 4.76. The maximum atomic E-state index is 12.3. The second-order valence-electron chi connectivity index (χ2n) is 5.92. The molecule has 0 aliphatic heterocycles. The summed E-state index contributed by atoms with van der Waals surface area (Å²) < 4.78 is 7.48. The van der Waals surface area contributed by atoms with E-state index in [9.17, 15) is 4.79 Å². The van der Waals surface area contributed by atoms with Crippen molar-refractivity contribution in [2.75, 3.05) is 19.8 Å². The number of nitrogens with one attached hydrogen (secondary N) is 1. The van der Waals surface area contributed by atoms with Gasteiger partial charge in [0.1, 0.15) is 10.7 Å². The number of hydrogen-bond donors (Lipinski definition) is 1. The number of amides is 1. The molecule has 7 heteroatoms. The average Bonchev–Trinajstić information content (AvgIpc) is 3.07. The van der Waals surface area contributed by atoms with Crippen LogP contribution in [-0.4, -0.2) is 40.3 Å². The van der Waals surface area contributed by atoms with Gasteiger partial charge in [-0.05, 0) is 19.8 Å². The largest absolute Gasteiger partial charge is 0.381 e. The van der Waals surface area contributed by atoms with E-state index in [0.29, 0.717) is 18.0 Å². The Labute approximate surface area is 141 Å². The number of aromatic nitrogens is 3. The molecule has 128 valence electrons. The van der Waals surface area contributed by atoms with Crippen molar-refractivity contribution in [3.05, 3.63) is 16.4 Å². The lowest BCUT2D eigenvalue weighted by Crippen LogP contribution is -2.25. The highest BCUT2D eigenvalue weighted by molar-refractivity contribution is 7.19. The number of hydrogen-bond acceptors (Lipinski definition) is 5. The molecule has 2 heterocycles. The van der Waals surface area contributed by atoms with Crippen molar-refractivity contribution < 1.29 is 9.53 Å². The van der Waals surface area contributed by atoms with E-state index >= 15 is 0 Å². The minimum Gasteiger partial charge on any atom is -0.381 e. The Bertz CT molecular complexity index is 648. The topological polar surface area (TPSA) is 68.5 Å². The van der Waals surface area contributed by atoms with Crippen molar-refractivity contribution in [2.45, 2.75) is 52.9 Å². The summed E-state index contributed by atoms with van der Waals surface area (Å²) in [5.74, 6) is 1.13. The number of thiazole rings is 1. The maximum absolute atomic E-state index is 12.3. The van der Waals surface area contributed by atoms with Crippen LogP contribution in [0.3, 0.4) is 0 Å². The number of rotatable bonds is 9. The number of aryl methyl sites for hydroxylation is 1. The molecule has 0 aliphatic rings. The quantitative estimate of drug-likeness (QED) is 0.713. The molecule has 0 saturated carbocycles. The first-order valence-corrected chi connectivity index (χ1v) is 9.08. The molecule has 0 spiro atoms. The number of ether oxygens (including phenoxy) is 1. The lowest BCUT2D eigenvalue weighted by molar-refractivity contribution is 0.0943. The van der Waals surface area contributed by atoms with Gasteiger partial charge in [0, 0.05) is 31.4 Å². The summed E-state index contributed by atoms with van der Waals surface area (Å²) in [6.07, 6.45) is 3.06. The summed E-state index contributed by atoms with van der Waals surface area (Å²) in [5.41, 5.74) is 0.912. The van der Waals surface area contributed by atoms with Crippen LogP contribution in [0.5, 0.6) is 0 Å². The monoisotopic (exact) mass is 338 g/mol. The fraction of sp³-hybridized carbons (Fsp3) is 0.688. The van der Waals surface area contributed by atoms with Gasteiger partial charge in [-0.1, -0.05) is 38.5 Å². The highest BCUT2D eigenvalue weighted by Gasteiger charge is 2.20. The molecule has 23 heavy (non-hydrogen) atoms. The molecule has 1 amide bonds. The van der Waals surface area contributed by atoms with E-state index in [1.54, 1.807) is 0 Å². The molecule has 2 rings (SSSR count). The van der Waals surface area contributed by atoms with E-state index in [1.165, 1.54) is 11.3 Å². The molecule has 0 saturated heterocycles. The van der Waals surface area contributed by atoms with Crippen LogP contribution in [0.25, 0.3) is 4.96 Å². The Balaban J connectivity index is 1.90. The van der Waals surface area contributed by atoms with E-state index in [4.69, 9.17) is 4.74 Å². The van der Waals surface area contributed by atoms with Gasteiger partial charge in [0.05, 0.1) is 0 Å². The highest BCUT2D eigenvalue weighted by atomic mass is 32.1. The Morgan fingerprint density at radius 2 is 2.04 bits per heavy atom. The number of nitrogens with zero attached hydrogens (tertiary/aromatic N) is 3. The van der Waals surface area contributed by atoms with Crippen molar-refractivity contribution in [1.82, 2.24) is 19.9 Å². The molecule has 0 unspecified atom stereocenters. The van der Waals surface area contributed by atoms with Gasteiger partial charge < -0.3 is 10.1 Å². The lowest BCUT2D eigenvalue weighted by Gasteiger charge is -2.06. The third kappa shape index (κ3) is 4.29. The molecule has 0 bridgehead atoms. The van der Waals surface area contributed by atoms with Crippen LogP contribution in [0.4, 0.5) is 0 Å². The first-order chi connectivity index (χ1) is 11.1. The second-order valence-corrected chi connectivity index (χ2v) is 6.90. The van der Waals surface area contributed by atoms with Crippen LogP contribution in [0.2, 0.25) is 0 Å². The summed E-state index contributed by atoms with van der Waals surface area (Å²) in [6, 6.07) is 0. The van der Waals surface area contributed by atoms with Crippen LogP contribution in [0.15, 0.2) is 0 Å². The van der Waals surface area contributed by atoms with Crippen LogP contribution >= 0.6 is 11.3 Å². The zero-order valence-corrected chi connectivity index (χ0v) is 15.2. The van der Waals surface area contributed by atoms with Gasteiger partial charge in [-0.3, -0.25) is 9.20 Å². The molecule has 0 atom stereocenters. The zero-order chi connectivity index (χ0) is 16.8. The summed E-state index contributed by atoms with van der Waals surface area (Å²) in [7, 11) is 0. The van der Waals surface area contributed by atoms with Crippen molar-refractivity contribution in [3.63, 3.8) is 0 Å². The Hall–Kier alpha value is -1.47. The summed E-state index contributed by atoms with van der Waals surface area (Å²) in [4.78, 5) is 13.8. The Kier molecular flexibility index (Phi) is 6.53. The number of unbranched alkanes of at least 4 members (excludes halogenated alkanes) is 1. The predicted octanol–water partition coefficient (Wildman–Crippen LogP) is 3.16. The fourth-order valence-electron chi connectivity index (χ4n) is 2.32. The number of carbonyl (C=O) groups excluding carboxylic acids is 1. The molecule has 1 N–H and O–H groups in total. The van der Waals surface area contributed by atoms with Gasteiger partial charge >= 0.3 is 0 Å². The van der Waals surface area contributed by atoms with Gasteiger partial charge in [0.25, 0.3) is 5.91 Å². The summed E-state index contributed by atoms with van der Waals surface area (Å²) in [5, 5.41) is 11.3. The molecular weight excluding hydrogens is 312 g/mol. The van der Waals surface area contributed by atoms with Crippen LogP contribution < -0.4 is 5.32 Å². The van der Waals surface area contributed by atoms with Gasteiger partial charge in [0.15, 0.2) is 0 Å². The molecule has 0 radical (unpaired) electrons. The Morgan fingerprint density at radius 1 is 1.30 bits per heavy atom. The highest BCUT2D eigenvalue weighted by Crippen LogP contribution is 2.25. The lowest BCUT2D eigenvalue weighted by atomic mass is 10.2. The van der Waals surface area contributed by atoms with E-state index in [-0.39, 0.29) is 11.8 Å². The van der Waals surface area contributed by atoms with E-state index in [2.05, 4.69) is 36.3 Å². The second kappa shape index (κ2) is 8.40. The van der Waals surface area contributed by atoms with Crippen molar-refractivity contribution in [2.24, 2.45) is 0 Å². The molecule has 0 aliphatic carbocycles. The third-order valence-electron chi connectivity index (χ3n) is 3.63. The first kappa shape index (κ1) is 17.9. The minimum atomic E-state index is -0.0405. The maximum Gasteiger partial charge on any atom is 0.263 e. The van der Waals surface area contributed by atoms with E-state index in [0.717, 1.165) is 42.3 Å². The molecule has 2 aromatic heterocycles. The van der Waals surface area contributed by atoms with Crippen molar-refractivity contribution >= 4 is 22.2 Å². The minimum absolute atomic E-state index is 0.0405. The molecule has 6 nitrogen and oxygen atoms in total. The SMILES string of the molecule is CCCCOCCCNC(=O)c1sc2nnc(C(C)C)n2c1C. The van der Waals surface area contributed by atoms with Crippen LogP contribution in [0, 0.1) is 6.92 Å². The van der Waals surface area contributed by atoms with Gasteiger partial charge in [-0.25, -0.2) is 0 Å². The zero-order valence-electron chi connectivity index (χ0n) is 14.4. The molecule has 0 fully saturated rings. The van der Waals surface area contributed by atoms with Crippen molar-refractivity contribution in [1.29, 1.82) is 0 Å². The summed E-state index contributed by atoms with van der Waals surface area (Å²) >= 11 is 1.39. The van der Waals surface area contributed by atoms with Gasteiger partial charge in [0.2, 0.25) is 4.96 Å². The molecule has 0 aromatic carbocycles. The van der Waals surface area contributed by atoms with Gasteiger partial charge in [-0.15, -0.1) is 10.2 Å². The predicted molar refractivity (Wildman–Crippen MR) is 92.4 cm³/mol. The normalized spacial score (nSPS) is 11.5. The van der Waals surface area contributed by atoms with Crippen LogP contribution in [0.1, 0.15) is 67.1 Å². The number of fused-ring (bicyclic) bond motifs is 1.